The molecular weight excluding hydrogens is 264 g/mol. The van der Waals surface area contributed by atoms with Crippen molar-refractivity contribution in [3.63, 3.8) is 0 Å². The van der Waals surface area contributed by atoms with Crippen LogP contribution in [0.25, 0.3) is 0 Å². The van der Waals surface area contributed by atoms with Crippen LogP contribution in [-0.2, 0) is 20.0 Å². The van der Waals surface area contributed by atoms with E-state index in [2.05, 4.69) is 4.72 Å². The summed E-state index contributed by atoms with van der Waals surface area (Å²) in [6.07, 6.45) is 0. The van der Waals surface area contributed by atoms with Crippen molar-refractivity contribution >= 4 is 25.7 Å². The van der Waals surface area contributed by atoms with E-state index < -0.39 is 25.3 Å². The van der Waals surface area contributed by atoms with E-state index in [0.29, 0.717) is 5.69 Å². The molecule has 0 aliphatic carbocycles. The first kappa shape index (κ1) is 13.9. The summed E-state index contributed by atoms with van der Waals surface area (Å²) >= 11 is 0. The highest BCUT2D eigenvalue weighted by atomic mass is 32.2. The first-order valence-electron chi connectivity index (χ1n) is 4.77. The Morgan fingerprint density at radius 1 is 1.06 bits per heavy atom. The van der Waals surface area contributed by atoms with Gasteiger partial charge >= 0.3 is 0 Å². The predicted octanol–water partition coefficient (Wildman–Crippen LogP) is 0.484. The zero-order chi connectivity index (χ0) is 13.3. The zero-order valence-corrected chi connectivity index (χ0v) is 11.0. The Morgan fingerprint density at radius 3 is 1.88 bits per heavy atom. The van der Waals surface area contributed by atoms with E-state index in [1.54, 1.807) is 13.8 Å². The molecule has 0 spiro atoms. The van der Waals surface area contributed by atoms with Crippen LogP contribution in [0.3, 0.4) is 0 Å². The number of nitrogens with one attached hydrogen (secondary N) is 1. The molecule has 3 N–H and O–H groups in total. The molecule has 0 saturated carbocycles. The summed E-state index contributed by atoms with van der Waals surface area (Å²) in [5.74, 6) is 0. The maximum absolute atomic E-state index is 11.5. The molecule has 6 nitrogen and oxygen atoms in total. The Labute approximate surface area is 101 Å². The van der Waals surface area contributed by atoms with Crippen LogP contribution in [0.5, 0.6) is 0 Å². The summed E-state index contributed by atoms with van der Waals surface area (Å²) in [6.45, 7) is 3.09. The van der Waals surface area contributed by atoms with Crippen LogP contribution < -0.4 is 9.86 Å². The summed E-state index contributed by atoms with van der Waals surface area (Å²) < 4.78 is 47.3. The standard InChI is InChI=1S/C9H14N2O4S2/c1-7(2)17(14,15)11-8-3-5-9(6-4-8)16(10,12)13/h3-7,11H,1-2H3,(H2,10,12,13). The van der Waals surface area contributed by atoms with Gasteiger partial charge in [-0.25, -0.2) is 22.0 Å². The largest absolute Gasteiger partial charge is 0.283 e. The number of sulfonamides is 2. The van der Waals surface area contributed by atoms with Gasteiger partial charge in [0.2, 0.25) is 20.0 Å². The molecule has 8 heteroatoms. The highest BCUT2D eigenvalue weighted by Gasteiger charge is 2.15. The molecule has 1 rings (SSSR count). The van der Waals surface area contributed by atoms with Crippen molar-refractivity contribution in [1.29, 1.82) is 0 Å². The van der Waals surface area contributed by atoms with Gasteiger partial charge in [-0.05, 0) is 38.1 Å². The van der Waals surface area contributed by atoms with E-state index in [9.17, 15) is 16.8 Å². The molecular formula is C9H14N2O4S2. The zero-order valence-electron chi connectivity index (χ0n) is 9.41. The quantitative estimate of drug-likeness (QED) is 0.835. The van der Waals surface area contributed by atoms with Crippen LogP contribution in [0.15, 0.2) is 29.2 Å². The number of primary sulfonamides is 1. The van der Waals surface area contributed by atoms with Gasteiger partial charge in [-0.15, -0.1) is 0 Å². The second kappa shape index (κ2) is 4.63. The van der Waals surface area contributed by atoms with E-state index in [0.717, 1.165) is 0 Å². The molecule has 0 amide bonds. The lowest BCUT2D eigenvalue weighted by Crippen LogP contribution is -2.22. The fourth-order valence-corrected chi connectivity index (χ4v) is 2.21. The summed E-state index contributed by atoms with van der Waals surface area (Å²) in [7, 11) is -7.19. The molecule has 0 aromatic heterocycles. The van der Waals surface area contributed by atoms with Crippen molar-refractivity contribution in [2.45, 2.75) is 24.0 Å². The molecule has 0 heterocycles. The monoisotopic (exact) mass is 278 g/mol. The molecule has 0 saturated heterocycles. The third kappa shape index (κ3) is 3.69. The van der Waals surface area contributed by atoms with Gasteiger partial charge in [0.05, 0.1) is 10.1 Å². The van der Waals surface area contributed by atoms with Gasteiger partial charge < -0.3 is 0 Å². The Kier molecular flexibility index (Phi) is 3.80. The van der Waals surface area contributed by atoms with Crippen LogP contribution in [-0.4, -0.2) is 22.1 Å². The summed E-state index contributed by atoms with van der Waals surface area (Å²) in [6, 6.07) is 5.18. The SMILES string of the molecule is CC(C)S(=O)(=O)Nc1ccc(S(N)(=O)=O)cc1. The van der Waals surface area contributed by atoms with Gasteiger partial charge in [0, 0.05) is 5.69 Å². The lowest BCUT2D eigenvalue weighted by Gasteiger charge is -2.10. The van der Waals surface area contributed by atoms with Crippen molar-refractivity contribution < 1.29 is 16.8 Å². The Morgan fingerprint density at radius 2 is 1.53 bits per heavy atom. The predicted molar refractivity (Wildman–Crippen MR) is 65.5 cm³/mol. The normalized spacial score (nSPS) is 12.7. The first-order chi connectivity index (χ1) is 7.63. The highest BCUT2D eigenvalue weighted by molar-refractivity contribution is 7.93. The number of hydrogen-bond acceptors (Lipinski definition) is 4. The average Bonchev–Trinajstić information content (AvgIpc) is 2.16. The van der Waals surface area contributed by atoms with Gasteiger partial charge in [-0.2, -0.15) is 0 Å². The van der Waals surface area contributed by atoms with Gasteiger partial charge in [0.1, 0.15) is 0 Å². The molecule has 0 fully saturated rings. The summed E-state index contributed by atoms with van der Waals surface area (Å²) in [4.78, 5) is -0.0648. The van der Waals surface area contributed by atoms with Crippen molar-refractivity contribution in [2.75, 3.05) is 4.72 Å². The second-order valence-corrected chi connectivity index (χ2v) is 7.56. The van der Waals surface area contributed by atoms with Crippen molar-refractivity contribution in [1.82, 2.24) is 0 Å². The summed E-state index contributed by atoms with van der Waals surface area (Å²) in [5, 5.41) is 4.35. The van der Waals surface area contributed by atoms with Gasteiger partial charge in [0.25, 0.3) is 0 Å². The van der Waals surface area contributed by atoms with Gasteiger partial charge in [-0.1, -0.05) is 0 Å². The minimum absolute atomic E-state index is 0.0648. The van der Waals surface area contributed by atoms with E-state index in [-0.39, 0.29) is 4.90 Å². The Hall–Kier alpha value is -1.12. The molecule has 0 bridgehead atoms. The number of nitrogens with two attached hydrogens (primary N) is 1. The van der Waals surface area contributed by atoms with E-state index >= 15 is 0 Å². The minimum atomic E-state index is -3.76. The third-order valence-electron chi connectivity index (χ3n) is 2.06. The van der Waals surface area contributed by atoms with Crippen LogP contribution >= 0.6 is 0 Å². The topological polar surface area (TPSA) is 106 Å². The number of benzene rings is 1. The molecule has 0 aliphatic rings. The first-order valence-corrected chi connectivity index (χ1v) is 7.87. The van der Waals surface area contributed by atoms with Crippen molar-refractivity contribution in [3.8, 4) is 0 Å². The van der Waals surface area contributed by atoms with Crippen LogP contribution in [0.2, 0.25) is 0 Å². The average molecular weight is 278 g/mol. The van der Waals surface area contributed by atoms with Crippen LogP contribution in [0.4, 0.5) is 5.69 Å². The maximum Gasteiger partial charge on any atom is 0.238 e. The lowest BCUT2D eigenvalue weighted by molar-refractivity contribution is 0.592. The molecule has 0 unspecified atom stereocenters. The molecule has 1 aromatic rings. The fraction of sp³-hybridized carbons (Fsp3) is 0.333. The van der Waals surface area contributed by atoms with E-state index in [1.165, 1.54) is 24.3 Å². The lowest BCUT2D eigenvalue weighted by atomic mass is 10.3. The summed E-state index contributed by atoms with van der Waals surface area (Å²) in [5.41, 5.74) is 0.297. The number of hydrogen-bond donors (Lipinski definition) is 2. The molecule has 96 valence electrons. The van der Waals surface area contributed by atoms with E-state index in [1.807, 2.05) is 0 Å². The Bertz CT molecular complexity index is 588. The highest BCUT2D eigenvalue weighted by Crippen LogP contribution is 2.15. The smallest absolute Gasteiger partial charge is 0.238 e. The number of rotatable bonds is 4. The molecule has 17 heavy (non-hydrogen) atoms. The second-order valence-electron chi connectivity index (χ2n) is 3.77. The molecule has 0 atom stereocenters. The molecule has 0 aliphatic heterocycles. The van der Waals surface area contributed by atoms with Gasteiger partial charge in [0.15, 0.2) is 0 Å². The Balaban J connectivity index is 2.98. The number of anilines is 1. The third-order valence-corrected chi connectivity index (χ3v) is 4.75. The van der Waals surface area contributed by atoms with Gasteiger partial charge in [-0.3, -0.25) is 4.72 Å². The molecule has 1 aromatic carbocycles. The van der Waals surface area contributed by atoms with Crippen LogP contribution in [0.1, 0.15) is 13.8 Å². The van der Waals surface area contributed by atoms with E-state index in [4.69, 9.17) is 5.14 Å². The minimum Gasteiger partial charge on any atom is -0.283 e. The maximum atomic E-state index is 11.5. The van der Waals surface area contributed by atoms with Crippen molar-refractivity contribution in [3.05, 3.63) is 24.3 Å². The van der Waals surface area contributed by atoms with Crippen LogP contribution in [0, 0.1) is 0 Å². The fourth-order valence-electron chi connectivity index (χ4n) is 0.995. The van der Waals surface area contributed by atoms with Crippen molar-refractivity contribution in [2.24, 2.45) is 5.14 Å². The molecule has 0 radical (unpaired) electrons.